The monoisotopic (exact) mass is 205 g/mol. The maximum absolute atomic E-state index is 12.6. The van der Waals surface area contributed by atoms with Crippen LogP contribution in [0.3, 0.4) is 0 Å². The van der Waals surface area contributed by atoms with E-state index in [0.717, 1.165) is 0 Å². The Labute approximate surface area is 84.8 Å². The molecule has 2 rings (SSSR count). The molecule has 1 aromatic heterocycles. The minimum absolute atomic E-state index is 0.241. The smallest absolute Gasteiger partial charge is 0.150 e. The highest BCUT2D eigenvalue weighted by atomic mass is 19.1. The van der Waals surface area contributed by atoms with E-state index in [1.54, 1.807) is 0 Å². The summed E-state index contributed by atoms with van der Waals surface area (Å²) in [4.78, 5) is 10.4. The Morgan fingerprint density at radius 2 is 1.80 bits per heavy atom. The molecular formula is C11H6FO3-. The Balaban J connectivity index is 2.37. The first-order chi connectivity index (χ1) is 7.16. The minimum atomic E-state index is -1.37. The summed E-state index contributed by atoms with van der Waals surface area (Å²) in [6, 6.07) is 8.36. The molecule has 0 aliphatic rings. The molecule has 76 valence electrons. The van der Waals surface area contributed by atoms with Crippen LogP contribution in [0.5, 0.6) is 0 Å². The average Bonchev–Trinajstić information content (AvgIpc) is 2.68. The van der Waals surface area contributed by atoms with Crippen LogP contribution in [0.2, 0.25) is 0 Å². The van der Waals surface area contributed by atoms with Gasteiger partial charge in [0, 0.05) is 5.56 Å². The highest BCUT2D eigenvalue weighted by Crippen LogP contribution is 2.21. The van der Waals surface area contributed by atoms with E-state index in [0.29, 0.717) is 11.3 Å². The molecule has 4 heteroatoms. The van der Waals surface area contributed by atoms with Crippen molar-refractivity contribution in [3.63, 3.8) is 0 Å². The van der Waals surface area contributed by atoms with Gasteiger partial charge in [0.2, 0.25) is 0 Å². The zero-order valence-corrected chi connectivity index (χ0v) is 7.57. The minimum Gasteiger partial charge on any atom is -0.542 e. The van der Waals surface area contributed by atoms with Crippen molar-refractivity contribution in [3.05, 3.63) is 48.0 Å². The van der Waals surface area contributed by atoms with E-state index in [-0.39, 0.29) is 11.6 Å². The zero-order valence-electron chi connectivity index (χ0n) is 7.57. The van der Waals surface area contributed by atoms with E-state index in [2.05, 4.69) is 0 Å². The molecule has 0 amide bonds. The number of carboxylic acids is 1. The average molecular weight is 205 g/mol. The molecule has 0 aliphatic heterocycles. The zero-order chi connectivity index (χ0) is 10.8. The lowest BCUT2D eigenvalue weighted by atomic mass is 10.2. The summed E-state index contributed by atoms with van der Waals surface area (Å²) in [6.07, 6.45) is 0. The molecule has 1 aromatic carbocycles. The fourth-order valence-corrected chi connectivity index (χ4v) is 1.22. The van der Waals surface area contributed by atoms with Gasteiger partial charge in [-0.25, -0.2) is 4.39 Å². The third-order valence-corrected chi connectivity index (χ3v) is 1.94. The number of hydrogen-bond acceptors (Lipinski definition) is 3. The molecular weight excluding hydrogens is 199 g/mol. The number of carbonyl (C=O) groups excluding carboxylic acids is 1. The third kappa shape index (κ3) is 1.88. The van der Waals surface area contributed by atoms with Gasteiger partial charge in [-0.05, 0) is 36.4 Å². The lowest BCUT2D eigenvalue weighted by Gasteiger charge is -1.97. The first-order valence-electron chi connectivity index (χ1n) is 4.24. The molecule has 1 heterocycles. The second-order valence-corrected chi connectivity index (χ2v) is 2.96. The van der Waals surface area contributed by atoms with Crippen LogP contribution in [0.15, 0.2) is 40.8 Å². The van der Waals surface area contributed by atoms with Gasteiger partial charge in [-0.15, -0.1) is 0 Å². The first kappa shape index (κ1) is 9.45. The van der Waals surface area contributed by atoms with Gasteiger partial charge >= 0.3 is 0 Å². The Bertz CT molecular complexity index is 485. The summed E-state index contributed by atoms with van der Waals surface area (Å²) in [7, 11) is 0. The van der Waals surface area contributed by atoms with Crippen molar-refractivity contribution in [2.24, 2.45) is 0 Å². The molecule has 0 radical (unpaired) electrons. The van der Waals surface area contributed by atoms with Crippen LogP contribution in [0.4, 0.5) is 4.39 Å². The summed E-state index contributed by atoms with van der Waals surface area (Å²) in [6.45, 7) is 0. The summed E-state index contributed by atoms with van der Waals surface area (Å²) in [5.74, 6) is -1.60. The largest absolute Gasteiger partial charge is 0.542 e. The van der Waals surface area contributed by atoms with Crippen molar-refractivity contribution in [1.29, 1.82) is 0 Å². The number of rotatable bonds is 2. The van der Waals surface area contributed by atoms with Crippen LogP contribution in [-0.4, -0.2) is 5.97 Å². The second-order valence-electron chi connectivity index (χ2n) is 2.96. The molecule has 0 bridgehead atoms. The molecule has 0 atom stereocenters. The lowest BCUT2D eigenvalue weighted by Crippen LogP contribution is -2.21. The van der Waals surface area contributed by atoms with Crippen LogP contribution in [-0.2, 0) is 0 Å². The third-order valence-electron chi connectivity index (χ3n) is 1.94. The van der Waals surface area contributed by atoms with Crippen molar-refractivity contribution >= 4 is 5.97 Å². The highest BCUT2D eigenvalue weighted by molar-refractivity contribution is 5.83. The predicted octanol–water partition coefficient (Wildman–Crippen LogP) is 1.45. The van der Waals surface area contributed by atoms with Crippen molar-refractivity contribution in [1.82, 2.24) is 0 Å². The van der Waals surface area contributed by atoms with Gasteiger partial charge in [0.05, 0.1) is 0 Å². The molecule has 0 saturated heterocycles. The maximum Gasteiger partial charge on any atom is 0.150 e. The van der Waals surface area contributed by atoms with Gasteiger partial charge in [0.15, 0.2) is 0 Å². The molecule has 0 aliphatic carbocycles. The van der Waals surface area contributed by atoms with E-state index < -0.39 is 5.97 Å². The van der Waals surface area contributed by atoms with E-state index in [4.69, 9.17) is 4.42 Å². The van der Waals surface area contributed by atoms with E-state index >= 15 is 0 Å². The fourth-order valence-electron chi connectivity index (χ4n) is 1.22. The molecule has 2 aromatic rings. The molecule has 3 nitrogen and oxygen atoms in total. The Morgan fingerprint density at radius 3 is 2.33 bits per heavy atom. The SMILES string of the molecule is O=C([O-])c1ccc(-c2ccc(F)cc2)o1. The van der Waals surface area contributed by atoms with Crippen LogP contribution in [0.25, 0.3) is 11.3 Å². The van der Waals surface area contributed by atoms with Crippen LogP contribution < -0.4 is 5.11 Å². The number of hydrogen-bond donors (Lipinski definition) is 0. The van der Waals surface area contributed by atoms with Crippen LogP contribution in [0.1, 0.15) is 10.6 Å². The van der Waals surface area contributed by atoms with E-state index in [1.807, 2.05) is 0 Å². The first-order valence-corrected chi connectivity index (χ1v) is 4.24. The number of carbonyl (C=O) groups is 1. The highest BCUT2D eigenvalue weighted by Gasteiger charge is 2.04. The number of carboxylic acid groups (broad SMARTS) is 1. The normalized spacial score (nSPS) is 10.2. The van der Waals surface area contributed by atoms with Crippen LogP contribution in [0, 0.1) is 5.82 Å². The number of furan rings is 1. The van der Waals surface area contributed by atoms with Crippen molar-refractivity contribution in [3.8, 4) is 11.3 Å². The standard InChI is InChI=1S/C11H7FO3/c12-8-3-1-7(2-4-8)9-5-6-10(15-9)11(13)14/h1-6H,(H,13,14)/p-1. The van der Waals surface area contributed by atoms with Gasteiger partial charge in [0.25, 0.3) is 0 Å². The molecule has 0 fully saturated rings. The molecule has 0 N–H and O–H groups in total. The second kappa shape index (κ2) is 3.57. The van der Waals surface area contributed by atoms with Crippen LogP contribution >= 0.6 is 0 Å². The topological polar surface area (TPSA) is 53.3 Å². The Kier molecular flexibility index (Phi) is 2.25. The van der Waals surface area contributed by atoms with E-state index in [9.17, 15) is 14.3 Å². The summed E-state index contributed by atoms with van der Waals surface area (Å²) >= 11 is 0. The summed E-state index contributed by atoms with van der Waals surface area (Å²) in [5.41, 5.74) is 0.615. The number of benzene rings is 1. The molecule has 15 heavy (non-hydrogen) atoms. The molecule has 0 spiro atoms. The summed E-state index contributed by atoms with van der Waals surface area (Å²) in [5, 5.41) is 10.4. The lowest BCUT2D eigenvalue weighted by molar-refractivity contribution is -0.257. The van der Waals surface area contributed by atoms with Gasteiger partial charge < -0.3 is 14.3 Å². The number of halogens is 1. The van der Waals surface area contributed by atoms with Gasteiger partial charge in [-0.2, -0.15) is 0 Å². The quantitative estimate of drug-likeness (QED) is 0.745. The fraction of sp³-hybridized carbons (Fsp3) is 0. The molecule has 0 saturated carbocycles. The van der Waals surface area contributed by atoms with Crippen molar-refractivity contribution in [2.75, 3.05) is 0 Å². The van der Waals surface area contributed by atoms with Gasteiger partial charge in [-0.1, -0.05) is 0 Å². The van der Waals surface area contributed by atoms with E-state index in [1.165, 1.54) is 36.4 Å². The summed E-state index contributed by atoms with van der Waals surface area (Å²) < 4.78 is 17.6. The van der Waals surface area contributed by atoms with Crippen molar-refractivity contribution < 1.29 is 18.7 Å². The van der Waals surface area contributed by atoms with Crippen molar-refractivity contribution in [2.45, 2.75) is 0 Å². The molecule has 0 unspecified atom stereocenters. The predicted molar refractivity (Wildman–Crippen MR) is 48.4 cm³/mol. The van der Waals surface area contributed by atoms with Gasteiger partial charge in [0.1, 0.15) is 23.3 Å². The Morgan fingerprint density at radius 1 is 1.13 bits per heavy atom. The number of aromatic carboxylic acids is 1. The van der Waals surface area contributed by atoms with Gasteiger partial charge in [-0.3, -0.25) is 0 Å². The maximum atomic E-state index is 12.6. The Hall–Kier alpha value is -2.10.